The van der Waals surface area contributed by atoms with Crippen LogP contribution in [0.15, 0.2) is 23.1 Å². The first-order valence-corrected chi connectivity index (χ1v) is 6.89. The van der Waals surface area contributed by atoms with Gasteiger partial charge in [-0.15, -0.1) is 0 Å². The molecule has 96 valence electrons. The minimum Gasteiger partial charge on any atom is -0.495 e. The van der Waals surface area contributed by atoms with E-state index in [1.165, 1.54) is 19.2 Å². The zero-order valence-electron chi connectivity index (χ0n) is 10.2. The molecule has 1 aromatic carbocycles. The Labute approximate surface area is 107 Å². The molecule has 0 atom stereocenters. The van der Waals surface area contributed by atoms with Crippen molar-refractivity contribution in [2.75, 3.05) is 7.11 Å². The minimum absolute atomic E-state index is 0.0439. The summed E-state index contributed by atoms with van der Waals surface area (Å²) >= 11 is 5.80. The van der Waals surface area contributed by atoms with Gasteiger partial charge in [0.25, 0.3) is 0 Å². The summed E-state index contributed by atoms with van der Waals surface area (Å²) in [5, 5.41) is 0.347. The maximum absolute atomic E-state index is 12.1. The van der Waals surface area contributed by atoms with E-state index in [1.54, 1.807) is 26.8 Å². The van der Waals surface area contributed by atoms with Crippen LogP contribution < -0.4 is 9.46 Å². The van der Waals surface area contributed by atoms with E-state index < -0.39 is 15.6 Å². The van der Waals surface area contributed by atoms with Crippen LogP contribution in [0.25, 0.3) is 0 Å². The fourth-order valence-corrected chi connectivity index (χ4v) is 3.17. The lowest BCUT2D eigenvalue weighted by Crippen LogP contribution is -2.40. The van der Waals surface area contributed by atoms with Gasteiger partial charge in [0.05, 0.1) is 7.11 Å². The molecule has 1 N–H and O–H groups in total. The van der Waals surface area contributed by atoms with Crippen molar-refractivity contribution in [1.29, 1.82) is 0 Å². The van der Waals surface area contributed by atoms with Crippen LogP contribution in [-0.4, -0.2) is 21.1 Å². The summed E-state index contributed by atoms with van der Waals surface area (Å²) in [4.78, 5) is 0.0439. The Bertz CT molecular complexity index is 506. The first kappa shape index (κ1) is 14.3. The number of nitrogens with one attached hydrogen (secondary N) is 1. The van der Waals surface area contributed by atoms with E-state index in [9.17, 15) is 8.42 Å². The zero-order chi connectivity index (χ0) is 13.3. The van der Waals surface area contributed by atoms with Crippen molar-refractivity contribution < 1.29 is 13.2 Å². The second kappa shape index (κ2) is 4.84. The Hall–Kier alpha value is -0.780. The molecule has 0 aliphatic heterocycles. The molecule has 0 spiro atoms. The fraction of sp³-hybridized carbons (Fsp3) is 0.455. The van der Waals surface area contributed by atoms with Gasteiger partial charge in [-0.05, 0) is 39.0 Å². The van der Waals surface area contributed by atoms with Gasteiger partial charge in [0.2, 0.25) is 10.0 Å². The Morgan fingerprint density at radius 3 is 2.35 bits per heavy atom. The van der Waals surface area contributed by atoms with Crippen LogP contribution >= 0.6 is 11.6 Å². The molecule has 0 unspecified atom stereocenters. The molecular weight excluding hydrogens is 262 g/mol. The van der Waals surface area contributed by atoms with Crippen LogP contribution in [0.4, 0.5) is 0 Å². The number of rotatable bonds is 3. The molecule has 1 aromatic rings. The smallest absolute Gasteiger partial charge is 0.244 e. The lowest BCUT2D eigenvalue weighted by Gasteiger charge is -2.21. The lowest BCUT2D eigenvalue weighted by atomic mass is 10.1. The number of halogens is 1. The van der Waals surface area contributed by atoms with Gasteiger partial charge in [0.15, 0.2) is 0 Å². The van der Waals surface area contributed by atoms with Crippen LogP contribution in [0.5, 0.6) is 5.75 Å². The van der Waals surface area contributed by atoms with Gasteiger partial charge in [-0.1, -0.05) is 11.6 Å². The highest BCUT2D eigenvalue weighted by Gasteiger charge is 2.25. The second-order valence-electron chi connectivity index (χ2n) is 4.65. The molecule has 0 aromatic heterocycles. The van der Waals surface area contributed by atoms with Crippen molar-refractivity contribution in [2.24, 2.45) is 0 Å². The van der Waals surface area contributed by atoms with E-state index >= 15 is 0 Å². The highest BCUT2D eigenvalue weighted by molar-refractivity contribution is 7.89. The van der Waals surface area contributed by atoms with Crippen molar-refractivity contribution in [3.05, 3.63) is 23.2 Å². The lowest BCUT2D eigenvalue weighted by molar-refractivity contribution is 0.401. The monoisotopic (exact) mass is 277 g/mol. The molecule has 0 saturated carbocycles. The Morgan fingerprint density at radius 2 is 1.88 bits per heavy atom. The number of benzene rings is 1. The second-order valence-corrected chi connectivity index (χ2v) is 6.74. The van der Waals surface area contributed by atoms with Crippen molar-refractivity contribution >= 4 is 21.6 Å². The van der Waals surface area contributed by atoms with Crippen LogP contribution in [0, 0.1) is 0 Å². The normalized spacial score (nSPS) is 12.5. The summed E-state index contributed by atoms with van der Waals surface area (Å²) in [6.45, 7) is 5.30. The van der Waals surface area contributed by atoms with E-state index in [0.29, 0.717) is 5.02 Å². The van der Waals surface area contributed by atoms with Gasteiger partial charge in [-0.25, -0.2) is 13.1 Å². The van der Waals surface area contributed by atoms with E-state index in [2.05, 4.69) is 4.72 Å². The molecular formula is C11H16ClNO3S. The molecule has 0 radical (unpaired) electrons. The SMILES string of the molecule is COc1ccc(Cl)cc1S(=O)(=O)NC(C)(C)C. The third-order valence-corrected chi connectivity index (χ3v) is 3.87. The molecule has 6 heteroatoms. The van der Waals surface area contributed by atoms with Gasteiger partial charge in [-0.3, -0.25) is 0 Å². The fourth-order valence-electron chi connectivity index (χ4n) is 1.32. The Balaban J connectivity index is 3.28. The third-order valence-electron chi connectivity index (χ3n) is 1.86. The van der Waals surface area contributed by atoms with E-state index in [1.807, 2.05) is 0 Å². The number of sulfonamides is 1. The van der Waals surface area contributed by atoms with Crippen molar-refractivity contribution in [3.8, 4) is 5.75 Å². The van der Waals surface area contributed by atoms with E-state index in [4.69, 9.17) is 16.3 Å². The topological polar surface area (TPSA) is 55.4 Å². The first-order valence-electron chi connectivity index (χ1n) is 5.03. The summed E-state index contributed by atoms with van der Waals surface area (Å²) in [7, 11) is -2.23. The molecule has 0 bridgehead atoms. The highest BCUT2D eigenvalue weighted by Crippen LogP contribution is 2.27. The van der Waals surface area contributed by atoms with Crippen molar-refractivity contribution in [3.63, 3.8) is 0 Å². The van der Waals surface area contributed by atoms with Gasteiger partial charge in [0, 0.05) is 10.6 Å². The number of hydrogen-bond acceptors (Lipinski definition) is 3. The van der Waals surface area contributed by atoms with Crippen LogP contribution in [0.2, 0.25) is 5.02 Å². The molecule has 1 rings (SSSR count). The molecule has 0 heterocycles. The van der Waals surface area contributed by atoms with Crippen LogP contribution in [0.3, 0.4) is 0 Å². The predicted molar refractivity (Wildman–Crippen MR) is 68.1 cm³/mol. The van der Waals surface area contributed by atoms with Crippen molar-refractivity contribution in [1.82, 2.24) is 4.72 Å². The van der Waals surface area contributed by atoms with Gasteiger partial charge >= 0.3 is 0 Å². The average molecular weight is 278 g/mol. The summed E-state index contributed by atoms with van der Waals surface area (Å²) < 4.78 is 31.8. The Kier molecular flexibility index (Phi) is 4.06. The van der Waals surface area contributed by atoms with Crippen LogP contribution in [-0.2, 0) is 10.0 Å². The first-order chi connectivity index (χ1) is 7.65. The maximum atomic E-state index is 12.1. The maximum Gasteiger partial charge on any atom is 0.244 e. The Morgan fingerprint density at radius 1 is 1.29 bits per heavy atom. The van der Waals surface area contributed by atoms with Crippen molar-refractivity contribution in [2.45, 2.75) is 31.2 Å². The summed E-state index contributed by atoms with van der Waals surface area (Å²) in [5.41, 5.74) is -0.563. The molecule has 0 aliphatic carbocycles. The van der Waals surface area contributed by atoms with Crippen LogP contribution in [0.1, 0.15) is 20.8 Å². The van der Waals surface area contributed by atoms with Gasteiger partial charge in [0.1, 0.15) is 10.6 Å². The molecule has 0 saturated heterocycles. The molecule has 0 amide bonds. The summed E-state index contributed by atoms with van der Waals surface area (Å²) in [6.07, 6.45) is 0. The molecule has 17 heavy (non-hydrogen) atoms. The molecule has 0 aliphatic rings. The standard InChI is InChI=1S/C11H16ClNO3S/c1-11(2,3)13-17(14,15)10-7-8(12)5-6-9(10)16-4/h5-7,13H,1-4H3. The summed E-state index contributed by atoms with van der Waals surface area (Å²) in [5.74, 6) is 0.270. The summed E-state index contributed by atoms with van der Waals surface area (Å²) in [6, 6.07) is 4.48. The molecule has 0 fully saturated rings. The average Bonchev–Trinajstić information content (AvgIpc) is 2.14. The largest absolute Gasteiger partial charge is 0.495 e. The third kappa shape index (κ3) is 3.87. The highest BCUT2D eigenvalue weighted by atomic mass is 35.5. The quantitative estimate of drug-likeness (QED) is 0.923. The molecule has 4 nitrogen and oxygen atoms in total. The predicted octanol–water partition coefficient (Wildman–Crippen LogP) is 2.43. The van der Waals surface area contributed by atoms with E-state index in [-0.39, 0.29) is 10.6 Å². The number of hydrogen-bond donors (Lipinski definition) is 1. The van der Waals surface area contributed by atoms with Gasteiger partial charge in [-0.2, -0.15) is 0 Å². The van der Waals surface area contributed by atoms with E-state index in [0.717, 1.165) is 0 Å². The van der Waals surface area contributed by atoms with Gasteiger partial charge < -0.3 is 4.74 Å². The number of ether oxygens (including phenoxy) is 1. The number of methoxy groups -OCH3 is 1. The zero-order valence-corrected chi connectivity index (χ0v) is 11.8. The minimum atomic E-state index is -3.64.